The van der Waals surface area contributed by atoms with Crippen LogP contribution in [0.15, 0.2) is 0 Å². The molecule has 5 heteroatoms. The van der Waals surface area contributed by atoms with Crippen LogP contribution in [0.4, 0.5) is 4.79 Å². The van der Waals surface area contributed by atoms with Crippen molar-refractivity contribution in [3.8, 4) is 0 Å². The van der Waals surface area contributed by atoms with Crippen LogP contribution in [0.1, 0.15) is 66.2 Å². The fraction of sp³-hybridized carbons (Fsp3) is 0.824. The fourth-order valence-electron chi connectivity index (χ4n) is 2.77. The third-order valence-electron chi connectivity index (χ3n) is 3.88. The van der Waals surface area contributed by atoms with Gasteiger partial charge in [-0.05, 0) is 46.0 Å². The lowest BCUT2D eigenvalue weighted by atomic mass is 9.90. The molecule has 0 saturated heterocycles. The van der Waals surface area contributed by atoms with E-state index < -0.39 is 11.7 Å². The molecule has 126 valence electrons. The molecule has 1 aliphatic rings. The summed E-state index contributed by atoms with van der Waals surface area (Å²) in [6.45, 7) is 8.00. The van der Waals surface area contributed by atoms with E-state index in [1.165, 1.54) is 0 Å². The summed E-state index contributed by atoms with van der Waals surface area (Å²) in [6, 6.07) is 0. The first-order valence-corrected chi connectivity index (χ1v) is 8.23. The van der Waals surface area contributed by atoms with Gasteiger partial charge in [-0.3, -0.25) is 9.59 Å². The maximum absolute atomic E-state index is 12.1. The Morgan fingerprint density at radius 3 is 2.45 bits per heavy atom. The first-order valence-electron chi connectivity index (χ1n) is 8.23. The zero-order valence-electron chi connectivity index (χ0n) is 14.2. The molecule has 1 unspecified atom stereocenters. The van der Waals surface area contributed by atoms with Gasteiger partial charge in [0.1, 0.15) is 17.2 Å². The van der Waals surface area contributed by atoms with Crippen LogP contribution >= 0.6 is 0 Å². The molecule has 22 heavy (non-hydrogen) atoms. The number of rotatable bonds is 7. The quantitative estimate of drug-likeness (QED) is 0.578. The monoisotopic (exact) mass is 311 g/mol. The molecule has 0 radical (unpaired) electrons. The average molecular weight is 311 g/mol. The van der Waals surface area contributed by atoms with Gasteiger partial charge in [0, 0.05) is 19.4 Å². The van der Waals surface area contributed by atoms with Crippen molar-refractivity contribution < 1.29 is 19.1 Å². The van der Waals surface area contributed by atoms with E-state index in [2.05, 4.69) is 5.32 Å². The van der Waals surface area contributed by atoms with Gasteiger partial charge in [-0.1, -0.05) is 13.3 Å². The summed E-state index contributed by atoms with van der Waals surface area (Å²) in [5, 5.41) is 2.70. The van der Waals surface area contributed by atoms with Gasteiger partial charge in [-0.25, -0.2) is 4.79 Å². The number of Topliss-reactive ketones (excluding diaryl/α,β-unsaturated/α-hetero) is 2. The van der Waals surface area contributed by atoms with Crippen molar-refractivity contribution in [2.45, 2.75) is 71.8 Å². The summed E-state index contributed by atoms with van der Waals surface area (Å²) in [4.78, 5) is 35.1. The molecule has 2 atom stereocenters. The zero-order chi connectivity index (χ0) is 16.8. The highest BCUT2D eigenvalue weighted by molar-refractivity contribution is 6.03. The van der Waals surface area contributed by atoms with Crippen molar-refractivity contribution in [2.75, 3.05) is 6.54 Å². The number of nitrogens with one attached hydrogen (secondary N) is 1. The van der Waals surface area contributed by atoms with Crippen molar-refractivity contribution in [2.24, 2.45) is 11.8 Å². The summed E-state index contributed by atoms with van der Waals surface area (Å²) in [6.07, 6.45) is 3.89. The SMILES string of the molecule is C[C@@H]1CCC(=O)C1C(=O)CCCCCNC(=O)OC(C)(C)C. The Kier molecular flexibility index (Phi) is 7.04. The summed E-state index contributed by atoms with van der Waals surface area (Å²) in [5.74, 6) is 0.0490. The van der Waals surface area contributed by atoms with E-state index in [1.54, 1.807) is 0 Å². The third-order valence-corrected chi connectivity index (χ3v) is 3.88. The maximum Gasteiger partial charge on any atom is 0.407 e. The van der Waals surface area contributed by atoms with Gasteiger partial charge in [-0.15, -0.1) is 0 Å². The van der Waals surface area contributed by atoms with Crippen LogP contribution in [-0.4, -0.2) is 29.8 Å². The molecule has 1 rings (SSSR count). The number of carbonyl (C=O) groups excluding carboxylic acids is 3. The highest BCUT2D eigenvalue weighted by Gasteiger charge is 2.36. The van der Waals surface area contributed by atoms with Crippen molar-refractivity contribution in [3.05, 3.63) is 0 Å². The van der Waals surface area contributed by atoms with Gasteiger partial charge >= 0.3 is 6.09 Å². The number of amides is 1. The Morgan fingerprint density at radius 1 is 1.23 bits per heavy atom. The molecule has 0 aromatic rings. The van der Waals surface area contributed by atoms with E-state index in [0.717, 1.165) is 25.7 Å². The molecular weight excluding hydrogens is 282 g/mol. The van der Waals surface area contributed by atoms with Crippen molar-refractivity contribution in [1.82, 2.24) is 5.32 Å². The average Bonchev–Trinajstić information content (AvgIpc) is 2.71. The van der Waals surface area contributed by atoms with Crippen LogP contribution in [0, 0.1) is 11.8 Å². The second kappa shape index (κ2) is 8.30. The Morgan fingerprint density at radius 2 is 1.91 bits per heavy atom. The van der Waals surface area contributed by atoms with E-state index in [4.69, 9.17) is 4.74 Å². The number of ketones is 2. The summed E-state index contributed by atoms with van der Waals surface area (Å²) in [7, 11) is 0. The topological polar surface area (TPSA) is 72.5 Å². The smallest absolute Gasteiger partial charge is 0.407 e. The molecule has 1 aliphatic carbocycles. The Bertz CT molecular complexity index is 411. The number of ether oxygens (including phenoxy) is 1. The third kappa shape index (κ3) is 6.58. The van der Waals surface area contributed by atoms with Gasteiger partial charge < -0.3 is 10.1 Å². The number of hydrogen-bond donors (Lipinski definition) is 1. The minimum absolute atomic E-state index is 0.0927. The summed E-state index contributed by atoms with van der Waals surface area (Å²) in [5.41, 5.74) is -0.485. The lowest BCUT2D eigenvalue weighted by Crippen LogP contribution is -2.33. The van der Waals surface area contributed by atoms with E-state index >= 15 is 0 Å². The molecule has 1 amide bonds. The molecule has 1 saturated carbocycles. The molecule has 0 aromatic heterocycles. The largest absolute Gasteiger partial charge is 0.444 e. The maximum atomic E-state index is 12.1. The minimum Gasteiger partial charge on any atom is -0.444 e. The summed E-state index contributed by atoms with van der Waals surface area (Å²) < 4.78 is 5.13. The molecule has 5 nitrogen and oxygen atoms in total. The number of hydrogen-bond acceptors (Lipinski definition) is 4. The predicted octanol–water partition coefficient (Wildman–Crippen LogP) is 3.26. The van der Waals surface area contributed by atoms with Crippen LogP contribution in [0.25, 0.3) is 0 Å². The van der Waals surface area contributed by atoms with Gasteiger partial charge in [0.05, 0.1) is 5.92 Å². The Labute approximate surface area is 133 Å². The highest BCUT2D eigenvalue weighted by atomic mass is 16.6. The second-order valence-electron chi connectivity index (χ2n) is 7.17. The molecule has 1 N–H and O–H groups in total. The molecular formula is C17H29NO4. The van der Waals surface area contributed by atoms with Crippen LogP contribution in [0.3, 0.4) is 0 Å². The van der Waals surface area contributed by atoms with E-state index in [0.29, 0.717) is 19.4 Å². The normalized spacial score (nSPS) is 21.7. The summed E-state index contributed by atoms with van der Waals surface area (Å²) >= 11 is 0. The fourth-order valence-corrected chi connectivity index (χ4v) is 2.77. The Hall–Kier alpha value is -1.39. The highest BCUT2D eigenvalue weighted by Crippen LogP contribution is 2.30. The number of carbonyl (C=O) groups is 3. The lowest BCUT2D eigenvalue weighted by molar-refractivity contribution is -0.132. The lowest BCUT2D eigenvalue weighted by Gasteiger charge is -2.19. The molecule has 0 aromatic carbocycles. The van der Waals surface area contributed by atoms with Gasteiger partial charge in [0.2, 0.25) is 0 Å². The number of unbranched alkanes of at least 4 members (excludes halogenated alkanes) is 2. The molecule has 0 spiro atoms. The van der Waals surface area contributed by atoms with Gasteiger partial charge in [0.15, 0.2) is 0 Å². The minimum atomic E-state index is -0.485. The van der Waals surface area contributed by atoms with Gasteiger partial charge in [0.25, 0.3) is 0 Å². The van der Waals surface area contributed by atoms with Crippen molar-refractivity contribution >= 4 is 17.7 Å². The van der Waals surface area contributed by atoms with Crippen molar-refractivity contribution in [1.29, 1.82) is 0 Å². The first-order chi connectivity index (χ1) is 10.2. The van der Waals surface area contributed by atoms with Crippen molar-refractivity contribution in [3.63, 3.8) is 0 Å². The number of alkyl carbamates (subject to hydrolysis) is 1. The van der Waals surface area contributed by atoms with E-state index in [-0.39, 0.29) is 23.4 Å². The van der Waals surface area contributed by atoms with Crippen LogP contribution in [0.5, 0.6) is 0 Å². The standard InChI is InChI=1S/C17H29NO4/c1-12-9-10-14(20)15(12)13(19)8-6-5-7-11-18-16(21)22-17(2,3)4/h12,15H,5-11H2,1-4H3,(H,18,21)/t12-,15?/m1/s1. The van der Waals surface area contributed by atoms with Crippen LogP contribution < -0.4 is 5.32 Å². The van der Waals surface area contributed by atoms with E-state index in [1.807, 2.05) is 27.7 Å². The van der Waals surface area contributed by atoms with Crippen LogP contribution in [-0.2, 0) is 14.3 Å². The van der Waals surface area contributed by atoms with Gasteiger partial charge in [-0.2, -0.15) is 0 Å². The van der Waals surface area contributed by atoms with E-state index in [9.17, 15) is 14.4 Å². The first kappa shape index (κ1) is 18.7. The Balaban J connectivity index is 2.09. The molecule has 0 heterocycles. The molecule has 0 bridgehead atoms. The zero-order valence-corrected chi connectivity index (χ0v) is 14.2. The van der Waals surface area contributed by atoms with Crippen LogP contribution in [0.2, 0.25) is 0 Å². The molecule has 1 fully saturated rings. The predicted molar refractivity (Wildman–Crippen MR) is 84.6 cm³/mol. The second-order valence-corrected chi connectivity index (χ2v) is 7.17. The molecule has 0 aliphatic heterocycles.